The Hall–Kier alpha value is -2.08. The summed E-state index contributed by atoms with van der Waals surface area (Å²) in [5.41, 5.74) is 0.682. The first-order valence-electron chi connectivity index (χ1n) is 9.04. The Morgan fingerprint density at radius 2 is 1.84 bits per heavy atom. The predicted octanol–water partition coefficient (Wildman–Crippen LogP) is 1.39. The maximum atomic E-state index is 13.0. The molecule has 3 saturated heterocycles. The van der Waals surface area contributed by atoms with Gasteiger partial charge in [0.15, 0.2) is 0 Å². The SMILES string of the molecule is CN1CC[C@@]2(CN(C(=O)N3CCOCC3)C[C@@H]2c2ccccc2)C1=O. The van der Waals surface area contributed by atoms with Crippen molar-refractivity contribution in [3.8, 4) is 0 Å². The molecule has 6 heteroatoms. The molecule has 0 bridgehead atoms. The molecule has 134 valence electrons. The number of ether oxygens (including phenoxy) is 1. The second-order valence-corrected chi connectivity index (χ2v) is 7.36. The summed E-state index contributed by atoms with van der Waals surface area (Å²) in [7, 11) is 1.87. The Balaban J connectivity index is 1.63. The molecular weight excluding hydrogens is 318 g/mol. The third-order valence-corrected chi connectivity index (χ3v) is 5.96. The van der Waals surface area contributed by atoms with Gasteiger partial charge in [0.2, 0.25) is 5.91 Å². The van der Waals surface area contributed by atoms with E-state index in [0.717, 1.165) is 18.5 Å². The summed E-state index contributed by atoms with van der Waals surface area (Å²) in [5, 5.41) is 0. The molecule has 2 atom stereocenters. The van der Waals surface area contributed by atoms with Gasteiger partial charge in [-0.15, -0.1) is 0 Å². The minimum atomic E-state index is -0.474. The van der Waals surface area contributed by atoms with Gasteiger partial charge in [0, 0.05) is 45.7 Å². The topological polar surface area (TPSA) is 53.1 Å². The van der Waals surface area contributed by atoms with Crippen molar-refractivity contribution in [2.24, 2.45) is 5.41 Å². The van der Waals surface area contributed by atoms with Crippen LogP contribution in [0.5, 0.6) is 0 Å². The zero-order valence-corrected chi connectivity index (χ0v) is 14.7. The van der Waals surface area contributed by atoms with E-state index in [1.807, 2.05) is 39.9 Å². The Labute approximate surface area is 148 Å². The number of likely N-dealkylation sites (tertiary alicyclic amines) is 2. The fourth-order valence-electron chi connectivity index (χ4n) is 4.55. The lowest BCUT2D eigenvalue weighted by atomic mass is 9.73. The zero-order valence-electron chi connectivity index (χ0n) is 14.7. The second kappa shape index (κ2) is 6.33. The summed E-state index contributed by atoms with van der Waals surface area (Å²) >= 11 is 0. The van der Waals surface area contributed by atoms with Crippen LogP contribution in [0, 0.1) is 5.41 Å². The summed E-state index contributed by atoms with van der Waals surface area (Å²) in [5.74, 6) is 0.245. The molecular formula is C19H25N3O3. The highest BCUT2D eigenvalue weighted by molar-refractivity contribution is 5.88. The number of morpholine rings is 1. The molecule has 0 saturated carbocycles. The summed E-state index contributed by atoms with van der Waals surface area (Å²) in [6, 6.07) is 10.2. The van der Waals surface area contributed by atoms with E-state index in [0.29, 0.717) is 39.4 Å². The molecule has 3 fully saturated rings. The molecule has 3 aliphatic rings. The number of hydrogen-bond donors (Lipinski definition) is 0. The first kappa shape index (κ1) is 16.4. The van der Waals surface area contributed by atoms with Crippen molar-refractivity contribution in [3.63, 3.8) is 0 Å². The lowest BCUT2D eigenvalue weighted by molar-refractivity contribution is -0.134. The Morgan fingerprint density at radius 3 is 2.48 bits per heavy atom. The number of hydrogen-bond acceptors (Lipinski definition) is 3. The van der Waals surface area contributed by atoms with Gasteiger partial charge in [-0.25, -0.2) is 4.79 Å². The average molecular weight is 343 g/mol. The van der Waals surface area contributed by atoms with Crippen molar-refractivity contribution in [1.29, 1.82) is 0 Å². The summed E-state index contributed by atoms with van der Waals surface area (Å²) in [4.78, 5) is 31.6. The van der Waals surface area contributed by atoms with Gasteiger partial charge in [0.25, 0.3) is 0 Å². The zero-order chi connectivity index (χ0) is 17.4. The van der Waals surface area contributed by atoms with Crippen molar-refractivity contribution in [1.82, 2.24) is 14.7 Å². The lowest BCUT2D eigenvalue weighted by Gasteiger charge is -2.31. The molecule has 0 N–H and O–H groups in total. The minimum absolute atomic E-state index is 0.0449. The number of carbonyl (C=O) groups is 2. The highest BCUT2D eigenvalue weighted by Gasteiger charge is 2.57. The van der Waals surface area contributed by atoms with Crippen LogP contribution < -0.4 is 0 Å². The molecule has 0 radical (unpaired) electrons. The van der Waals surface area contributed by atoms with Crippen molar-refractivity contribution in [2.75, 3.05) is 53.0 Å². The minimum Gasteiger partial charge on any atom is -0.378 e. The molecule has 1 aromatic carbocycles. The lowest BCUT2D eigenvalue weighted by Crippen LogP contribution is -2.48. The molecule has 0 aliphatic carbocycles. The number of benzene rings is 1. The van der Waals surface area contributed by atoms with Gasteiger partial charge < -0.3 is 19.4 Å². The number of rotatable bonds is 1. The van der Waals surface area contributed by atoms with E-state index >= 15 is 0 Å². The van der Waals surface area contributed by atoms with Crippen LogP contribution in [0.4, 0.5) is 4.79 Å². The number of carbonyl (C=O) groups excluding carboxylic acids is 2. The average Bonchev–Trinajstić information content (AvgIpc) is 3.19. The second-order valence-electron chi connectivity index (χ2n) is 7.36. The molecule has 3 amide bonds. The van der Waals surface area contributed by atoms with Gasteiger partial charge in [-0.2, -0.15) is 0 Å². The van der Waals surface area contributed by atoms with Gasteiger partial charge in [0.1, 0.15) is 0 Å². The van der Waals surface area contributed by atoms with Gasteiger partial charge in [-0.1, -0.05) is 30.3 Å². The van der Waals surface area contributed by atoms with Crippen LogP contribution >= 0.6 is 0 Å². The van der Waals surface area contributed by atoms with Crippen molar-refractivity contribution in [3.05, 3.63) is 35.9 Å². The molecule has 6 nitrogen and oxygen atoms in total. The van der Waals surface area contributed by atoms with E-state index in [9.17, 15) is 9.59 Å². The summed E-state index contributed by atoms with van der Waals surface area (Å²) in [6.45, 7) is 4.34. The van der Waals surface area contributed by atoms with E-state index in [2.05, 4.69) is 12.1 Å². The third kappa shape index (κ3) is 2.68. The molecule has 25 heavy (non-hydrogen) atoms. The monoisotopic (exact) mass is 343 g/mol. The quantitative estimate of drug-likeness (QED) is 0.774. The Bertz CT molecular complexity index is 659. The van der Waals surface area contributed by atoms with E-state index in [4.69, 9.17) is 4.74 Å². The van der Waals surface area contributed by atoms with E-state index < -0.39 is 5.41 Å². The van der Waals surface area contributed by atoms with Crippen LogP contribution in [0.15, 0.2) is 30.3 Å². The maximum Gasteiger partial charge on any atom is 0.320 e. The molecule has 1 spiro atoms. The predicted molar refractivity (Wildman–Crippen MR) is 93.2 cm³/mol. The Morgan fingerprint density at radius 1 is 1.12 bits per heavy atom. The third-order valence-electron chi connectivity index (χ3n) is 5.96. The van der Waals surface area contributed by atoms with Crippen LogP contribution in [0.25, 0.3) is 0 Å². The number of amides is 3. The largest absolute Gasteiger partial charge is 0.378 e. The first-order valence-corrected chi connectivity index (χ1v) is 9.04. The van der Waals surface area contributed by atoms with Crippen molar-refractivity contribution in [2.45, 2.75) is 12.3 Å². The van der Waals surface area contributed by atoms with Crippen LogP contribution in [0.2, 0.25) is 0 Å². The summed E-state index contributed by atoms with van der Waals surface area (Å²) < 4.78 is 5.35. The van der Waals surface area contributed by atoms with E-state index in [-0.39, 0.29) is 17.9 Å². The van der Waals surface area contributed by atoms with Gasteiger partial charge >= 0.3 is 6.03 Å². The normalized spacial score (nSPS) is 29.7. The molecule has 0 aromatic heterocycles. The van der Waals surface area contributed by atoms with E-state index in [1.54, 1.807) is 0 Å². The molecule has 3 heterocycles. The molecule has 0 unspecified atom stereocenters. The van der Waals surface area contributed by atoms with E-state index in [1.165, 1.54) is 0 Å². The Kier molecular flexibility index (Phi) is 4.15. The molecule has 4 rings (SSSR count). The van der Waals surface area contributed by atoms with Crippen molar-refractivity contribution >= 4 is 11.9 Å². The highest BCUT2D eigenvalue weighted by atomic mass is 16.5. The van der Waals surface area contributed by atoms with Crippen LogP contribution in [-0.2, 0) is 9.53 Å². The molecule has 3 aliphatic heterocycles. The maximum absolute atomic E-state index is 13.0. The first-order chi connectivity index (χ1) is 12.1. The summed E-state index contributed by atoms with van der Waals surface area (Å²) in [6.07, 6.45) is 0.814. The number of urea groups is 1. The number of nitrogens with zero attached hydrogens (tertiary/aromatic N) is 3. The fraction of sp³-hybridized carbons (Fsp3) is 0.579. The van der Waals surface area contributed by atoms with Gasteiger partial charge in [-0.05, 0) is 12.0 Å². The fourth-order valence-corrected chi connectivity index (χ4v) is 4.55. The molecule has 1 aromatic rings. The van der Waals surface area contributed by atoms with Crippen LogP contribution in [0.1, 0.15) is 17.9 Å². The van der Waals surface area contributed by atoms with Gasteiger partial charge in [0.05, 0.1) is 18.6 Å². The highest BCUT2D eigenvalue weighted by Crippen LogP contribution is 2.49. The van der Waals surface area contributed by atoms with Crippen LogP contribution in [0.3, 0.4) is 0 Å². The van der Waals surface area contributed by atoms with Crippen molar-refractivity contribution < 1.29 is 14.3 Å². The van der Waals surface area contributed by atoms with Crippen LogP contribution in [-0.4, -0.2) is 79.6 Å². The standard InChI is InChI=1S/C19H25N3O3/c1-20-8-7-19(17(20)23)14-22(18(24)21-9-11-25-12-10-21)13-16(19)15-5-3-2-4-6-15/h2-6,16H,7-14H2,1H3/t16-,19+/m1/s1. The smallest absolute Gasteiger partial charge is 0.320 e. The van der Waals surface area contributed by atoms with Gasteiger partial charge in [-0.3, -0.25) is 4.79 Å².